The van der Waals surface area contributed by atoms with Gasteiger partial charge in [0.25, 0.3) is 0 Å². The van der Waals surface area contributed by atoms with Crippen molar-refractivity contribution in [3.63, 3.8) is 0 Å². The largest absolute Gasteiger partial charge is 0.378 e. The van der Waals surface area contributed by atoms with Crippen LogP contribution in [-0.2, 0) is 0 Å². The van der Waals surface area contributed by atoms with E-state index in [1.807, 2.05) is 32.3 Å². The summed E-state index contributed by atoms with van der Waals surface area (Å²) in [7, 11) is 4.05. The third-order valence-electron chi connectivity index (χ3n) is 1.66. The topological polar surface area (TPSA) is 3.24 Å². The van der Waals surface area contributed by atoms with Crippen LogP contribution in [0.15, 0.2) is 36.6 Å². The van der Waals surface area contributed by atoms with Gasteiger partial charge in [-0.15, -0.1) is 5.73 Å². The number of hydrogen-bond donors (Lipinski definition) is 0. The summed E-state index contributed by atoms with van der Waals surface area (Å²) < 4.78 is 0. The van der Waals surface area contributed by atoms with Crippen molar-refractivity contribution in [3.05, 3.63) is 42.1 Å². The van der Waals surface area contributed by atoms with E-state index in [2.05, 4.69) is 29.3 Å². The molecule has 62 valence electrons. The minimum Gasteiger partial charge on any atom is -0.378 e. The van der Waals surface area contributed by atoms with Crippen molar-refractivity contribution in [2.75, 3.05) is 19.0 Å². The zero-order valence-electron chi connectivity index (χ0n) is 7.54. The van der Waals surface area contributed by atoms with Gasteiger partial charge in [0.1, 0.15) is 0 Å². The molecular weight excluding hydrogens is 146 g/mol. The molecule has 1 aromatic carbocycles. The zero-order chi connectivity index (χ0) is 8.97. The summed E-state index contributed by atoms with van der Waals surface area (Å²) in [5.41, 5.74) is 5.09. The second-order valence-corrected chi connectivity index (χ2v) is 2.84. The molecule has 1 aromatic rings. The highest BCUT2D eigenvalue weighted by Crippen LogP contribution is 2.13. The van der Waals surface area contributed by atoms with Crippen molar-refractivity contribution in [2.24, 2.45) is 0 Å². The number of anilines is 1. The molecule has 0 radical (unpaired) electrons. The van der Waals surface area contributed by atoms with Crippen molar-refractivity contribution in [3.8, 4) is 0 Å². The Hall–Kier alpha value is -1.46. The van der Waals surface area contributed by atoms with E-state index in [-0.39, 0.29) is 0 Å². The Labute approximate surface area is 73.6 Å². The molecule has 1 nitrogen and oxygen atoms in total. The van der Waals surface area contributed by atoms with Crippen LogP contribution in [0.25, 0.3) is 6.08 Å². The van der Waals surface area contributed by atoms with E-state index in [4.69, 9.17) is 0 Å². The Morgan fingerprint density at radius 1 is 1.42 bits per heavy atom. The maximum absolute atomic E-state index is 3.54. The fourth-order valence-corrected chi connectivity index (χ4v) is 1.01. The molecule has 0 atom stereocenters. The molecule has 0 spiro atoms. The molecule has 1 rings (SSSR count). The van der Waals surface area contributed by atoms with E-state index in [1.165, 1.54) is 5.69 Å². The van der Waals surface area contributed by atoms with Gasteiger partial charge in [-0.05, 0) is 23.8 Å². The van der Waals surface area contributed by atoms with Crippen LogP contribution in [0, 0.1) is 0 Å². The minimum absolute atomic E-state index is 1.14. The third-order valence-corrected chi connectivity index (χ3v) is 1.66. The Morgan fingerprint density at radius 3 is 2.75 bits per heavy atom. The second-order valence-electron chi connectivity index (χ2n) is 2.84. The monoisotopic (exact) mass is 159 g/mol. The van der Waals surface area contributed by atoms with E-state index in [1.54, 1.807) is 0 Å². The Balaban J connectivity index is 3.03. The lowest BCUT2D eigenvalue weighted by atomic mass is 10.2. The highest BCUT2D eigenvalue weighted by Gasteiger charge is 1.93. The van der Waals surface area contributed by atoms with Crippen molar-refractivity contribution < 1.29 is 0 Å². The molecule has 0 heterocycles. The fraction of sp³-hybridized carbons (Fsp3) is 0.182. The molecule has 0 N–H and O–H groups in total. The first-order valence-electron chi connectivity index (χ1n) is 3.87. The van der Waals surface area contributed by atoms with E-state index in [9.17, 15) is 0 Å². The predicted octanol–water partition coefficient (Wildman–Crippen LogP) is 2.55. The van der Waals surface area contributed by atoms with Gasteiger partial charge < -0.3 is 4.90 Å². The summed E-state index contributed by atoms with van der Waals surface area (Å²) in [5.74, 6) is 0. The van der Waals surface area contributed by atoms with Crippen LogP contribution in [0.2, 0.25) is 0 Å². The van der Waals surface area contributed by atoms with Crippen molar-refractivity contribution >= 4 is 11.8 Å². The van der Waals surface area contributed by atoms with Crippen LogP contribution >= 0.6 is 0 Å². The lowest BCUT2D eigenvalue weighted by Gasteiger charge is -2.12. The smallest absolute Gasteiger partial charge is 0.0367 e. The molecule has 0 bridgehead atoms. The molecule has 0 aromatic heterocycles. The van der Waals surface area contributed by atoms with E-state index in [0.717, 1.165) is 5.56 Å². The van der Waals surface area contributed by atoms with Gasteiger partial charge in [-0.25, -0.2) is 0 Å². The number of nitrogens with zero attached hydrogens (tertiary/aromatic N) is 1. The second kappa shape index (κ2) is 3.80. The number of benzene rings is 1. The molecule has 0 saturated heterocycles. The molecule has 12 heavy (non-hydrogen) atoms. The van der Waals surface area contributed by atoms with Crippen molar-refractivity contribution in [1.29, 1.82) is 0 Å². The number of hydrogen-bond acceptors (Lipinski definition) is 1. The molecule has 0 aliphatic heterocycles. The first kappa shape index (κ1) is 8.63. The molecule has 0 unspecified atom stereocenters. The van der Waals surface area contributed by atoms with Gasteiger partial charge in [-0.3, -0.25) is 0 Å². The summed E-state index contributed by atoms with van der Waals surface area (Å²) in [6.07, 6.45) is 1.87. The maximum Gasteiger partial charge on any atom is 0.0367 e. The molecule has 0 aliphatic rings. The lowest BCUT2D eigenvalue weighted by molar-refractivity contribution is 1.13. The summed E-state index contributed by atoms with van der Waals surface area (Å²) in [6, 6.07) is 8.22. The van der Waals surface area contributed by atoms with Crippen LogP contribution in [0.4, 0.5) is 5.69 Å². The van der Waals surface area contributed by atoms with Crippen molar-refractivity contribution in [2.45, 2.75) is 0 Å². The Kier molecular flexibility index (Phi) is 2.73. The van der Waals surface area contributed by atoms with E-state index in [0.29, 0.717) is 0 Å². The average molecular weight is 159 g/mol. The van der Waals surface area contributed by atoms with Crippen LogP contribution in [0.1, 0.15) is 5.56 Å². The van der Waals surface area contributed by atoms with Crippen LogP contribution in [0.5, 0.6) is 0 Å². The molecule has 0 saturated carbocycles. The van der Waals surface area contributed by atoms with Gasteiger partial charge in [0.05, 0.1) is 0 Å². The first-order valence-corrected chi connectivity index (χ1v) is 3.87. The highest BCUT2D eigenvalue weighted by molar-refractivity contribution is 5.57. The summed E-state index contributed by atoms with van der Waals surface area (Å²) in [6.45, 7) is 3.54. The van der Waals surface area contributed by atoms with Crippen molar-refractivity contribution in [1.82, 2.24) is 0 Å². The first-order chi connectivity index (χ1) is 5.74. The lowest BCUT2D eigenvalue weighted by Crippen LogP contribution is -2.08. The normalized spacial score (nSPS) is 8.83. The summed E-state index contributed by atoms with van der Waals surface area (Å²) in [5, 5.41) is 0. The number of rotatable bonds is 2. The third kappa shape index (κ3) is 2.01. The van der Waals surface area contributed by atoms with Gasteiger partial charge in [0, 0.05) is 19.8 Å². The van der Waals surface area contributed by atoms with Gasteiger partial charge in [0.15, 0.2) is 0 Å². The van der Waals surface area contributed by atoms with Crippen LogP contribution in [0.3, 0.4) is 0 Å². The Morgan fingerprint density at radius 2 is 2.17 bits per heavy atom. The summed E-state index contributed by atoms with van der Waals surface area (Å²) >= 11 is 0. The summed E-state index contributed by atoms with van der Waals surface area (Å²) in [4.78, 5) is 2.07. The predicted molar refractivity (Wildman–Crippen MR) is 54.4 cm³/mol. The van der Waals surface area contributed by atoms with Gasteiger partial charge in [-0.2, -0.15) is 0 Å². The van der Waals surface area contributed by atoms with Gasteiger partial charge >= 0.3 is 0 Å². The fourth-order valence-electron chi connectivity index (χ4n) is 1.01. The van der Waals surface area contributed by atoms with Gasteiger partial charge in [0.2, 0.25) is 0 Å². The molecule has 0 amide bonds. The van der Waals surface area contributed by atoms with Crippen LogP contribution in [-0.4, -0.2) is 14.1 Å². The maximum atomic E-state index is 3.54. The van der Waals surface area contributed by atoms with Gasteiger partial charge in [-0.1, -0.05) is 18.7 Å². The quantitative estimate of drug-likeness (QED) is 0.599. The SMILES string of the molecule is C=C=Cc1cccc(N(C)C)c1. The molecule has 1 heteroatoms. The molecule has 0 aliphatic carbocycles. The Bertz CT molecular complexity index is 307. The highest BCUT2D eigenvalue weighted by atomic mass is 15.1. The molecule has 0 fully saturated rings. The molecular formula is C11H13N. The van der Waals surface area contributed by atoms with E-state index < -0.39 is 0 Å². The average Bonchev–Trinajstić information content (AvgIpc) is 2.05. The van der Waals surface area contributed by atoms with Crippen LogP contribution < -0.4 is 4.90 Å². The minimum atomic E-state index is 1.14. The van der Waals surface area contributed by atoms with E-state index >= 15 is 0 Å². The zero-order valence-corrected chi connectivity index (χ0v) is 7.54. The standard InChI is InChI=1S/C11H13N/c1-4-6-10-7-5-8-11(9-10)12(2)3/h5-9H,1H2,2-3H3.